The zero-order valence-corrected chi connectivity index (χ0v) is 31.8. The SMILES string of the molecule is c1ccc(-c2nc(-c3ccccc3)nc(-c3cccc4c3oc3c(-c5ccc6c(ccc7ccccc76)c5)cc(-c5ccc6ccc7ccccc7c6c5)cc34)n2)cc1. The minimum atomic E-state index is 0.558. The van der Waals surface area contributed by atoms with Crippen LogP contribution in [0.5, 0.6) is 0 Å². The number of aromatic nitrogens is 3. The summed E-state index contributed by atoms with van der Waals surface area (Å²) in [6.07, 6.45) is 0. The van der Waals surface area contributed by atoms with Gasteiger partial charge in [0.15, 0.2) is 17.5 Å². The Bertz CT molecular complexity index is 3550. The van der Waals surface area contributed by atoms with Gasteiger partial charge in [-0.15, -0.1) is 0 Å². The quantitative estimate of drug-likeness (QED) is 0.164. The molecule has 4 nitrogen and oxygen atoms in total. The van der Waals surface area contributed by atoms with Crippen LogP contribution in [0.15, 0.2) is 205 Å². The summed E-state index contributed by atoms with van der Waals surface area (Å²) in [5, 5.41) is 11.8. The molecule has 0 saturated carbocycles. The highest BCUT2D eigenvalue weighted by atomic mass is 16.3. The average molecular weight is 752 g/mol. The molecule has 0 spiro atoms. The lowest BCUT2D eigenvalue weighted by molar-refractivity contribution is 0.670. The molecule has 0 fully saturated rings. The predicted octanol–water partition coefficient (Wildman–Crippen LogP) is 14.7. The Balaban J connectivity index is 1.12. The first-order chi connectivity index (χ1) is 29.2. The third kappa shape index (κ3) is 5.57. The first-order valence-electron chi connectivity index (χ1n) is 19.9. The van der Waals surface area contributed by atoms with E-state index in [9.17, 15) is 0 Å². The normalized spacial score (nSPS) is 11.7. The molecule has 2 heterocycles. The number of hydrogen-bond donors (Lipinski definition) is 0. The molecule has 59 heavy (non-hydrogen) atoms. The van der Waals surface area contributed by atoms with E-state index in [1.807, 2.05) is 60.7 Å². The summed E-state index contributed by atoms with van der Waals surface area (Å²) in [6, 6.07) is 70.7. The van der Waals surface area contributed by atoms with Crippen LogP contribution < -0.4 is 0 Å². The van der Waals surface area contributed by atoms with Gasteiger partial charge < -0.3 is 4.42 Å². The van der Waals surface area contributed by atoms with Gasteiger partial charge in [-0.25, -0.2) is 15.0 Å². The van der Waals surface area contributed by atoms with Gasteiger partial charge in [-0.05, 0) is 90.1 Å². The fraction of sp³-hybridized carbons (Fsp3) is 0. The van der Waals surface area contributed by atoms with Crippen molar-refractivity contribution >= 4 is 65.0 Å². The van der Waals surface area contributed by atoms with Gasteiger partial charge in [-0.3, -0.25) is 0 Å². The molecule has 0 aliphatic carbocycles. The second-order valence-electron chi connectivity index (χ2n) is 15.2. The van der Waals surface area contributed by atoms with E-state index in [-0.39, 0.29) is 0 Å². The molecule has 2 aromatic heterocycles. The van der Waals surface area contributed by atoms with Crippen LogP contribution in [0.3, 0.4) is 0 Å². The minimum absolute atomic E-state index is 0.558. The fourth-order valence-corrected chi connectivity index (χ4v) is 8.75. The zero-order valence-electron chi connectivity index (χ0n) is 31.8. The molecule has 0 bridgehead atoms. The molecule has 0 amide bonds. The lowest BCUT2D eigenvalue weighted by atomic mass is 9.92. The highest BCUT2D eigenvalue weighted by Crippen LogP contribution is 2.44. The van der Waals surface area contributed by atoms with Crippen LogP contribution in [-0.4, -0.2) is 15.0 Å². The van der Waals surface area contributed by atoms with Crippen LogP contribution in [-0.2, 0) is 0 Å². The summed E-state index contributed by atoms with van der Waals surface area (Å²) in [7, 11) is 0. The van der Waals surface area contributed by atoms with E-state index in [4.69, 9.17) is 19.4 Å². The molecule has 0 N–H and O–H groups in total. The van der Waals surface area contributed by atoms with Crippen LogP contribution in [0.25, 0.3) is 121 Å². The van der Waals surface area contributed by atoms with Crippen molar-refractivity contribution in [2.45, 2.75) is 0 Å². The number of nitrogens with zero attached hydrogens (tertiary/aromatic N) is 3. The number of furan rings is 1. The molecule has 10 aromatic carbocycles. The van der Waals surface area contributed by atoms with Gasteiger partial charge in [0.1, 0.15) is 11.2 Å². The van der Waals surface area contributed by atoms with E-state index in [2.05, 4.69) is 140 Å². The Hall–Kier alpha value is -7.95. The summed E-state index contributed by atoms with van der Waals surface area (Å²) in [4.78, 5) is 15.1. The molecule has 4 heteroatoms. The number of fused-ring (bicyclic) bond motifs is 9. The Labute approximate surface area is 339 Å². The third-order valence-corrected chi connectivity index (χ3v) is 11.7. The summed E-state index contributed by atoms with van der Waals surface area (Å²) >= 11 is 0. The van der Waals surface area contributed by atoms with E-state index in [0.29, 0.717) is 17.5 Å². The van der Waals surface area contributed by atoms with Crippen molar-refractivity contribution in [1.82, 2.24) is 15.0 Å². The highest BCUT2D eigenvalue weighted by Gasteiger charge is 2.21. The van der Waals surface area contributed by atoms with E-state index >= 15 is 0 Å². The number of rotatable bonds is 5. The van der Waals surface area contributed by atoms with E-state index in [1.165, 1.54) is 43.1 Å². The van der Waals surface area contributed by atoms with Gasteiger partial charge in [0.2, 0.25) is 0 Å². The Kier molecular flexibility index (Phi) is 7.50. The van der Waals surface area contributed by atoms with E-state index in [1.54, 1.807) is 0 Å². The topological polar surface area (TPSA) is 51.8 Å². The molecule has 0 radical (unpaired) electrons. The smallest absolute Gasteiger partial charge is 0.167 e. The fourth-order valence-electron chi connectivity index (χ4n) is 8.75. The van der Waals surface area contributed by atoms with Crippen molar-refractivity contribution in [2.24, 2.45) is 0 Å². The maximum Gasteiger partial charge on any atom is 0.167 e. The summed E-state index contributed by atoms with van der Waals surface area (Å²) in [5.41, 5.74) is 8.59. The molecule has 12 rings (SSSR count). The minimum Gasteiger partial charge on any atom is -0.455 e. The van der Waals surface area contributed by atoms with Crippen molar-refractivity contribution < 1.29 is 4.42 Å². The van der Waals surface area contributed by atoms with Crippen molar-refractivity contribution in [3.63, 3.8) is 0 Å². The maximum absolute atomic E-state index is 7.12. The zero-order chi connectivity index (χ0) is 38.9. The molecule has 0 unspecified atom stereocenters. The summed E-state index contributed by atoms with van der Waals surface area (Å²) in [5.74, 6) is 1.78. The molecule has 0 aliphatic rings. The molecule has 0 saturated heterocycles. The van der Waals surface area contributed by atoms with E-state index in [0.717, 1.165) is 60.9 Å². The standard InChI is InChI=1S/C55H33N3O/c1-3-14-37(15-4-1)53-56-54(38-16-5-2-6-17-38)58-55(57-53)47-21-11-20-46-50-33-42(39-26-24-36-23-22-35-13-8-10-19-44(35)48(36)31-39)32-49(52(50)59-51(46)47)41-28-29-45-40(30-41)27-25-34-12-7-9-18-43(34)45/h1-33H. The van der Waals surface area contributed by atoms with Crippen molar-refractivity contribution in [1.29, 1.82) is 0 Å². The molecule has 0 atom stereocenters. The molecular weight excluding hydrogens is 719 g/mol. The molecule has 12 aromatic rings. The second-order valence-corrected chi connectivity index (χ2v) is 15.2. The summed E-state index contributed by atoms with van der Waals surface area (Å²) in [6.45, 7) is 0. The average Bonchev–Trinajstić information content (AvgIpc) is 3.70. The van der Waals surface area contributed by atoms with E-state index < -0.39 is 0 Å². The third-order valence-electron chi connectivity index (χ3n) is 11.7. The Morgan fingerprint density at radius 1 is 0.254 bits per heavy atom. The molecule has 274 valence electrons. The van der Waals surface area contributed by atoms with Crippen molar-refractivity contribution in [2.75, 3.05) is 0 Å². The van der Waals surface area contributed by atoms with Gasteiger partial charge in [0.25, 0.3) is 0 Å². The van der Waals surface area contributed by atoms with Crippen LogP contribution in [0.1, 0.15) is 0 Å². The Morgan fingerprint density at radius 3 is 1.47 bits per heavy atom. The van der Waals surface area contributed by atoms with Crippen LogP contribution in [0.2, 0.25) is 0 Å². The highest BCUT2D eigenvalue weighted by molar-refractivity contribution is 6.16. The Morgan fingerprint density at radius 2 is 0.763 bits per heavy atom. The number of para-hydroxylation sites is 1. The van der Waals surface area contributed by atoms with Crippen LogP contribution >= 0.6 is 0 Å². The molecular formula is C55H33N3O. The number of hydrogen-bond acceptors (Lipinski definition) is 4. The molecule has 0 aliphatic heterocycles. The van der Waals surface area contributed by atoms with Crippen molar-refractivity contribution in [3.05, 3.63) is 200 Å². The van der Waals surface area contributed by atoms with Crippen LogP contribution in [0.4, 0.5) is 0 Å². The van der Waals surface area contributed by atoms with Gasteiger partial charge in [0, 0.05) is 27.5 Å². The van der Waals surface area contributed by atoms with Crippen molar-refractivity contribution in [3.8, 4) is 56.4 Å². The lowest BCUT2D eigenvalue weighted by Gasteiger charge is -2.11. The number of benzene rings is 10. The van der Waals surface area contributed by atoms with Gasteiger partial charge in [-0.1, -0.05) is 170 Å². The van der Waals surface area contributed by atoms with Gasteiger partial charge in [0.05, 0.1) is 5.56 Å². The monoisotopic (exact) mass is 751 g/mol. The first-order valence-corrected chi connectivity index (χ1v) is 19.9. The predicted molar refractivity (Wildman–Crippen MR) is 244 cm³/mol. The summed E-state index contributed by atoms with van der Waals surface area (Å²) < 4.78 is 7.12. The first kappa shape index (κ1) is 33.2. The van der Waals surface area contributed by atoms with Gasteiger partial charge >= 0.3 is 0 Å². The second kappa shape index (κ2) is 13.3. The largest absolute Gasteiger partial charge is 0.455 e. The van der Waals surface area contributed by atoms with Gasteiger partial charge in [-0.2, -0.15) is 0 Å². The van der Waals surface area contributed by atoms with Crippen LogP contribution in [0, 0.1) is 0 Å². The maximum atomic E-state index is 7.12. The lowest BCUT2D eigenvalue weighted by Crippen LogP contribution is -2.00.